The van der Waals surface area contributed by atoms with Gasteiger partial charge >= 0.3 is 5.97 Å². The number of carbonyl (C=O) groups excluding carboxylic acids is 2. The summed E-state index contributed by atoms with van der Waals surface area (Å²) in [6.07, 6.45) is 1.80. The van der Waals surface area contributed by atoms with Gasteiger partial charge in [-0.25, -0.2) is 0 Å². The predicted molar refractivity (Wildman–Crippen MR) is 78.9 cm³/mol. The van der Waals surface area contributed by atoms with Crippen LogP contribution < -0.4 is 0 Å². The zero-order chi connectivity index (χ0) is 15.4. The van der Waals surface area contributed by atoms with Crippen molar-refractivity contribution in [3.8, 4) is 0 Å². The van der Waals surface area contributed by atoms with E-state index in [-0.39, 0.29) is 18.9 Å². The Morgan fingerprint density at radius 2 is 2.10 bits per heavy atom. The van der Waals surface area contributed by atoms with Gasteiger partial charge in [0, 0.05) is 18.0 Å². The third kappa shape index (κ3) is 3.62. The summed E-state index contributed by atoms with van der Waals surface area (Å²) in [6, 6.07) is 5.86. The van der Waals surface area contributed by atoms with E-state index in [4.69, 9.17) is 9.15 Å². The number of fused-ring (bicyclic) bond motifs is 1. The maximum absolute atomic E-state index is 12.1. The average Bonchev–Trinajstić information content (AvgIpc) is 2.81. The van der Waals surface area contributed by atoms with Crippen molar-refractivity contribution in [3.05, 3.63) is 35.6 Å². The van der Waals surface area contributed by atoms with Crippen LogP contribution in [0.3, 0.4) is 0 Å². The van der Waals surface area contributed by atoms with E-state index in [0.717, 1.165) is 22.1 Å². The van der Waals surface area contributed by atoms with Gasteiger partial charge in [-0.15, -0.1) is 0 Å². The van der Waals surface area contributed by atoms with E-state index in [9.17, 15) is 9.59 Å². The maximum Gasteiger partial charge on any atom is 0.325 e. The number of amides is 1. The second-order valence-corrected chi connectivity index (χ2v) is 4.99. The second kappa shape index (κ2) is 6.43. The number of nitrogens with zero attached hydrogens (tertiary/aromatic N) is 1. The molecule has 0 saturated carbocycles. The molecule has 5 heteroatoms. The van der Waals surface area contributed by atoms with Gasteiger partial charge in [-0.1, -0.05) is 12.1 Å². The molecule has 0 spiro atoms. The zero-order valence-corrected chi connectivity index (χ0v) is 12.5. The zero-order valence-electron chi connectivity index (χ0n) is 12.5. The van der Waals surface area contributed by atoms with Gasteiger partial charge in [-0.2, -0.15) is 0 Å². The molecule has 2 aromatic rings. The Bertz CT molecular complexity index is 659. The molecule has 0 aliphatic heterocycles. The van der Waals surface area contributed by atoms with Crippen LogP contribution in [-0.2, 0) is 20.7 Å². The molecule has 1 heterocycles. The SMILES string of the molecule is CCOC(=O)CN(C)C(=O)Cc1coc2cc(C)ccc12. The molecule has 1 amide bonds. The minimum Gasteiger partial charge on any atom is -0.465 e. The maximum atomic E-state index is 12.1. The van der Waals surface area contributed by atoms with Crippen molar-refractivity contribution >= 4 is 22.8 Å². The highest BCUT2D eigenvalue weighted by molar-refractivity contribution is 5.89. The molecule has 0 saturated heterocycles. The number of rotatable bonds is 5. The molecule has 1 aromatic carbocycles. The van der Waals surface area contributed by atoms with Crippen molar-refractivity contribution in [2.75, 3.05) is 20.2 Å². The van der Waals surface area contributed by atoms with E-state index in [2.05, 4.69) is 0 Å². The Morgan fingerprint density at radius 1 is 1.33 bits per heavy atom. The fourth-order valence-corrected chi connectivity index (χ4v) is 2.11. The molecule has 5 nitrogen and oxygen atoms in total. The number of aryl methyl sites for hydroxylation is 1. The Hall–Kier alpha value is -2.30. The van der Waals surface area contributed by atoms with Gasteiger partial charge in [0.2, 0.25) is 5.91 Å². The summed E-state index contributed by atoms with van der Waals surface area (Å²) in [5, 5.41) is 0.929. The van der Waals surface area contributed by atoms with E-state index in [1.165, 1.54) is 4.90 Å². The fraction of sp³-hybridized carbons (Fsp3) is 0.375. The third-order valence-electron chi connectivity index (χ3n) is 3.25. The molecule has 21 heavy (non-hydrogen) atoms. The number of likely N-dealkylation sites (N-methyl/N-ethyl adjacent to an activating group) is 1. The standard InChI is InChI=1S/C16H19NO4/c1-4-20-16(19)9-17(3)15(18)8-12-10-21-14-7-11(2)5-6-13(12)14/h5-7,10H,4,8-9H2,1-3H3. The predicted octanol–water partition coefficient (Wildman–Crippen LogP) is 2.31. The molecule has 1 aromatic heterocycles. The molecule has 0 unspecified atom stereocenters. The van der Waals surface area contributed by atoms with Crippen LogP contribution in [0.1, 0.15) is 18.1 Å². The normalized spacial score (nSPS) is 10.6. The van der Waals surface area contributed by atoms with Crippen LogP contribution in [0.5, 0.6) is 0 Å². The summed E-state index contributed by atoms with van der Waals surface area (Å²) in [5.74, 6) is -0.549. The van der Waals surface area contributed by atoms with E-state index < -0.39 is 5.97 Å². The van der Waals surface area contributed by atoms with Crippen molar-refractivity contribution in [3.63, 3.8) is 0 Å². The van der Waals surface area contributed by atoms with Crippen LogP contribution in [0.25, 0.3) is 11.0 Å². The van der Waals surface area contributed by atoms with E-state index in [1.54, 1.807) is 20.2 Å². The fourth-order valence-electron chi connectivity index (χ4n) is 2.11. The smallest absolute Gasteiger partial charge is 0.325 e. The highest BCUT2D eigenvalue weighted by Crippen LogP contribution is 2.23. The van der Waals surface area contributed by atoms with Gasteiger partial charge in [0.15, 0.2) is 0 Å². The summed E-state index contributed by atoms with van der Waals surface area (Å²) in [7, 11) is 1.59. The number of hydrogen-bond donors (Lipinski definition) is 0. The first-order valence-electron chi connectivity index (χ1n) is 6.87. The largest absolute Gasteiger partial charge is 0.465 e. The van der Waals surface area contributed by atoms with Crippen LogP contribution in [-0.4, -0.2) is 37.0 Å². The van der Waals surface area contributed by atoms with Crippen molar-refractivity contribution < 1.29 is 18.7 Å². The van der Waals surface area contributed by atoms with Gasteiger partial charge < -0.3 is 14.1 Å². The number of furan rings is 1. The van der Waals surface area contributed by atoms with E-state index >= 15 is 0 Å². The first kappa shape index (κ1) is 15.1. The number of benzene rings is 1. The monoisotopic (exact) mass is 289 g/mol. The van der Waals surface area contributed by atoms with Gasteiger partial charge in [-0.3, -0.25) is 9.59 Å². The van der Waals surface area contributed by atoms with Crippen molar-refractivity contribution in [2.45, 2.75) is 20.3 Å². The number of ether oxygens (including phenoxy) is 1. The van der Waals surface area contributed by atoms with Crippen LogP contribution >= 0.6 is 0 Å². The highest BCUT2D eigenvalue weighted by atomic mass is 16.5. The van der Waals surface area contributed by atoms with Crippen molar-refractivity contribution in [1.29, 1.82) is 0 Å². The second-order valence-electron chi connectivity index (χ2n) is 4.99. The van der Waals surface area contributed by atoms with Gasteiger partial charge in [-0.05, 0) is 25.5 Å². The quantitative estimate of drug-likeness (QED) is 0.792. The Balaban J connectivity index is 2.05. The van der Waals surface area contributed by atoms with Crippen molar-refractivity contribution in [1.82, 2.24) is 4.90 Å². The highest BCUT2D eigenvalue weighted by Gasteiger charge is 2.16. The topological polar surface area (TPSA) is 59.8 Å². The molecule has 0 atom stereocenters. The average molecular weight is 289 g/mol. The van der Waals surface area contributed by atoms with E-state index in [1.807, 2.05) is 25.1 Å². The summed E-state index contributed by atoms with van der Waals surface area (Å²) in [5.41, 5.74) is 2.70. The van der Waals surface area contributed by atoms with Crippen LogP contribution in [0.4, 0.5) is 0 Å². The summed E-state index contributed by atoms with van der Waals surface area (Å²) in [6.45, 7) is 3.99. The number of esters is 1. The summed E-state index contributed by atoms with van der Waals surface area (Å²) >= 11 is 0. The molecule has 0 aliphatic carbocycles. The molecular weight excluding hydrogens is 270 g/mol. The minimum absolute atomic E-state index is 0.0401. The van der Waals surface area contributed by atoms with Gasteiger partial charge in [0.25, 0.3) is 0 Å². The van der Waals surface area contributed by atoms with Crippen LogP contribution in [0, 0.1) is 6.92 Å². The van der Waals surface area contributed by atoms with Crippen LogP contribution in [0.15, 0.2) is 28.9 Å². The molecule has 0 radical (unpaired) electrons. The molecule has 112 valence electrons. The Labute approximate surface area is 123 Å². The molecular formula is C16H19NO4. The first-order valence-corrected chi connectivity index (χ1v) is 6.87. The van der Waals surface area contributed by atoms with E-state index in [0.29, 0.717) is 6.61 Å². The first-order chi connectivity index (χ1) is 10.0. The minimum atomic E-state index is -0.402. The third-order valence-corrected chi connectivity index (χ3v) is 3.25. The molecule has 2 rings (SSSR count). The van der Waals surface area contributed by atoms with Crippen molar-refractivity contribution in [2.24, 2.45) is 0 Å². The molecule has 0 bridgehead atoms. The number of carbonyl (C=O) groups is 2. The lowest BCUT2D eigenvalue weighted by Gasteiger charge is -2.15. The summed E-state index contributed by atoms with van der Waals surface area (Å²) < 4.78 is 10.3. The van der Waals surface area contributed by atoms with Crippen LogP contribution in [0.2, 0.25) is 0 Å². The molecule has 0 N–H and O–H groups in total. The Kier molecular flexibility index (Phi) is 4.62. The molecule has 0 aliphatic rings. The lowest BCUT2D eigenvalue weighted by molar-refractivity contribution is -0.147. The van der Waals surface area contributed by atoms with Gasteiger partial charge in [0.05, 0.1) is 19.3 Å². The van der Waals surface area contributed by atoms with Gasteiger partial charge in [0.1, 0.15) is 12.1 Å². The lowest BCUT2D eigenvalue weighted by atomic mass is 10.1. The lowest BCUT2D eigenvalue weighted by Crippen LogP contribution is -2.34. The summed E-state index contributed by atoms with van der Waals surface area (Å²) in [4.78, 5) is 24.9. The number of hydrogen-bond acceptors (Lipinski definition) is 4. The molecule has 0 fully saturated rings. The Morgan fingerprint density at radius 3 is 2.81 bits per heavy atom.